The lowest BCUT2D eigenvalue weighted by molar-refractivity contribution is 0.200. The van der Waals surface area contributed by atoms with Gasteiger partial charge >= 0.3 is 0 Å². The number of nitrogens with one attached hydrogen (secondary N) is 2. The van der Waals surface area contributed by atoms with Gasteiger partial charge in [0.2, 0.25) is 5.95 Å². The van der Waals surface area contributed by atoms with Crippen LogP contribution >= 0.6 is 0 Å². The first-order valence-electron chi connectivity index (χ1n) is 9.17. The van der Waals surface area contributed by atoms with Gasteiger partial charge in [-0.15, -0.1) is 0 Å². The summed E-state index contributed by atoms with van der Waals surface area (Å²) in [6.07, 6.45) is 9.58. The van der Waals surface area contributed by atoms with Crippen LogP contribution in [0.1, 0.15) is 22.5 Å². The van der Waals surface area contributed by atoms with Gasteiger partial charge in [-0.2, -0.15) is 4.39 Å². The third-order valence-electron chi connectivity index (χ3n) is 4.51. The fraction of sp³-hybridized carbons (Fsp3) is 0.250. The van der Waals surface area contributed by atoms with Crippen molar-refractivity contribution in [2.75, 3.05) is 19.0 Å². The lowest BCUT2D eigenvalue weighted by Gasteiger charge is -2.08. The van der Waals surface area contributed by atoms with Crippen LogP contribution in [0.4, 0.5) is 10.2 Å². The van der Waals surface area contributed by atoms with Crippen molar-refractivity contribution in [1.29, 1.82) is 0 Å². The molecule has 4 aromatic rings. The Balaban J connectivity index is 1.39. The Morgan fingerprint density at radius 2 is 1.97 bits per heavy atom. The standard InChI is InChI=1S/C20H20FN7O/c1-29-5-4-17-23-7-13(8-24-17)9-25-18-3-2-14(19(21)28-18)6-15-10-26-20-16(15)11-22-12-27-20/h2-3,7-8,10-12H,4-6,9H2,1H3,(H,25,28)(H,22,26,27). The van der Waals surface area contributed by atoms with Crippen LogP contribution in [0.3, 0.4) is 0 Å². The predicted molar refractivity (Wildman–Crippen MR) is 106 cm³/mol. The minimum atomic E-state index is -0.507. The molecule has 0 spiro atoms. The van der Waals surface area contributed by atoms with Gasteiger partial charge in [-0.25, -0.2) is 24.9 Å². The lowest BCUT2D eigenvalue weighted by atomic mass is 10.1. The molecule has 0 aliphatic carbocycles. The topological polar surface area (TPSA) is 102 Å². The quantitative estimate of drug-likeness (QED) is 0.444. The maximum absolute atomic E-state index is 14.5. The molecule has 0 bridgehead atoms. The third-order valence-corrected chi connectivity index (χ3v) is 4.51. The van der Waals surface area contributed by atoms with Gasteiger partial charge in [-0.1, -0.05) is 6.07 Å². The van der Waals surface area contributed by atoms with E-state index in [1.54, 1.807) is 37.8 Å². The molecular formula is C20H20FN7O. The van der Waals surface area contributed by atoms with Crippen molar-refractivity contribution in [3.63, 3.8) is 0 Å². The summed E-state index contributed by atoms with van der Waals surface area (Å²) in [7, 11) is 1.64. The van der Waals surface area contributed by atoms with Crippen LogP contribution in [-0.4, -0.2) is 43.6 Å². The molecule has 2 N–H and O–H groups in total. The predicted octanol–water partition coefficient (Wildman–Crippen LogP) is 2.67. The molecule has 0 aliphatic heterocycles. The third kappa shape index (κ3) is 4.52. The van der Waals surface area contributed by atoms with Crippen LogP contribution in [-0.2, 0) is 24.1 Å². The molecule has 0 radical (unpaired) electrons. The fourth-order valence-electron chi connectivity index (χ4n) is 2.95. The number of aromatic nitrogens is 6. The Bertz CT molecular complexity index is 1100. The minimum absolute atomic E-state index is 0.406. The van der Waals surface area contributed by atoms with Gasteiger partial charge in [-0.3, -0.25) is 0 Å². The molecule has 8 nitrogen and oxygen atoms in total. The number of ether oxygens (including phenoxy) is 1. The normalized spacial score (nSPS) is 11.1. The number of hydrogen-bond acceptors (Lipinski definition) is 7. The van der Waals surface area contributed by atoms with Crippen molar-refractivity contribution in [3.8, 4) is 0 Å². The second kappa shape index (κ2) is 8.70. The number of aromatic amines is 1. The van der Waals surface area contributed by atoms with Gasteiger partial charge in [0.25, 0.3) is 0 Å². The van der Waals surface area contributed by atoms with E-state index >= 15 is 0 Å². The summed E-state index contributed by atoms with van der Waals surface area (Å²) in [4.78, 5) is 23.9. The molecule has 0 atom stereocenters. The van der Waals surface area contributed by atoms with E-state index in [0.717, 1.165) is 28.0 Å². The summed E-state index contributed by atoms with van der Waals surface area (Å²) in [6, 6.07) is 3.50. The molecular weight excluding hydrogens is 373 g/mol. The van der Waals surface area contributed by atoms with Crippen molar-refractivity contribution in [2.45, 2.75) is 19.4 Å². The summed E-state index contributed by atoms with van der Waals surface area (Å²) in [5.74, 6) is 0.677. The number of pyridine rings is 1. The van der Waals surface area contributed by atoms with E-state index < -0.39 is 5.95 Å². The van der Waals surface area contributed by atoms with Gasteiger partial charge in [0.05, 0.1) is 6.61 Å². The van der Waals surface area contributed by atoms with Gasteiger partial charge in [-0.05, 0) is 11.6 Å². The minimum Gasteiger partial charge on any atom is -0.384 e. The van der Waals surface area contributed by atoms with E-state index in [1.807, 2.05) is 6.20 Å². The summed E-state index contributed by atoms with van der Waals surface area (Å²) in [5.41, 5.74) is 3.05. The molecule has 0 saturated carbocycles. The van der Waals surface area contributed by atoms with Crippen LogP contribution in [0, 0.1) is 5.95 Å². The highest BCUT2D eigenvalue weighted by Gasteiger charge is 2.11. The zero-order valence-corrected chi connectivity index (χ0v) is 15.9. The molecule has 0 unspecified atom stereocenters. The Labute approximate surface area is 166 Å². The fourth-order valence-corrected chi connectivity index (χ4v) is 2.95. The number of methoxy groups -OCH3 is 1. The lowest BCUT2D eigenvalue weighted by Crippen LogP contribution is -2.06. The first-order chi connectivity index (χ1) is 14.2. The number of fused-ring (bicyclic) bond motifs is 1. The average Bonchev–Trinajstić information content (AvgIpc) is 3.16. The number of halogens is 1. The van der Waals surface area contributed by atoms with Crippen LogP contribution < -0.4 is 5.32 Å². The van der Waals surface area contributed by atoms with Crippen LogP contribution in [0.5, 0.6) is 0 Å². The molecule has 29 heavy (non-hydrogen) atoms. The zero-order chi connectivity index (χ0) is 20.1. The van der Waals surface area contributed by atoms with Crippen molar-refractivity contribution < 1.29 is 9.13 Å². The summed E-state index contributed by atoms with van der Waals surface area (Å²) >= 11 is 0. The molecule has 0 saturated heterocycles. The number of H-pyrrole nitrogens is 1. The second-order valence-corrected chi connectivity index (χ2v) is 6.53. The van der Waals surface area contributed by atoms with E-state index in [4.69, 9.17) is 4.74 Å². The Morgan fingerprint density at radius 3 is 2.76 bits per heavy atom. The van der Waals surface area contributed by atoms with Crippen LogP contribution in [0.2, 0.25) is 0 Å². The summed E-state index contributed by atoms with van der Waals surface area (Å²) < 4.78 is 19.5. The maximum atomic E-state index is 14.5. The van der Waals surface area contributed by atoms with Gasteiger partial charge < -0.3 is 15.0 Å². The van der Waals surface area contributed by atoms with Gasteiger partial charge in [0, 0.05) is 67.8 Å². The highest BCUT2D eigenvalue weighted by Crippen LogP contribution is 2.20. The molecule has 0 amide bonds. The van der Waals surface area contributed by atoms with Crippen LogP contribution in [0.15, 0.2) is 43.2 Å². The largest absolute Gasteiger partial charge is 0.384 e. The molecule has 4 rings (SSSR count). The molecule has 0 aliphatic rings. The highest BCUT2D eigenvalue weighted by molar-refractivity contribution is 5.78. The number of nitrogens with zero attached hydrogens (tertiary/aromatic N) is 5. The van der Waals surface area contributed by atoms with E-state index in [2.05, 4.69) is 35.2 Å². The number of hydrogen-bond donors (Lipinski definition) is 2. The van der Waals surface area contributed by atoms with Crippen molar-refractivity contribution in [3.05, 3.63) is 71.7 Å². The molecule has 4 heterocycles. The second-order valence-electron chi connectivity index (χ2n) is 6.53. The smallest absolute Gasteiger partial charge is 0.218 e. The average molecular weight is 393 g/mol. The van der Waals surface area contributed by atoms with Crippen molar-refractivity contribution in [2.24, 2.45) is 0 Å². The van der Waals surface area contributed by atoms with Gasteiger partial charge in [0.15, 0.2) is 0 Å². The Morgan fingerprint density at radius 1 is 1.10 bits per heavy atom. The number of anilines is 1. The highest BCUT2D eigenvalue weighted by atomic mass is 19.1. The zero-order valence-electron chi connectivity index (χ0n) is 15.9. The van der Waals surface area contributed by atoms with Crippen LogP contribution in [0.25, 0.3) is 11.0 Å². The van der Waals surface area contributed by atoms with E-state index in [-0.39, 0.29) is 0 Å². The summed E-state index contributed by atoms with van der Waals surface area (Å²) in [6.45, 7) is 1.04. The monoisotopic (exact) mass is 393 g/mol. The molecule has 4 aromatic heterocycles. The van der Waals surface area contributed by atoms with Crippen molar-refractivity contribution >= 4 is 16.9 Å². The Hall–Kier alpha value is -3.46. The van der Waals surface area contributed by atoms with E-state index in [0.29, 0.717) is 37.4 Å². The SMILES string of the molecule is COCCc1ncc(CNc2ccc(Cc3c[nH]c4ncncc34)c(F)n2)cn1. The maximum Gasteiger partial charge on any atom is 0.218 e. The number of rotatable bonds is 8. The van der Waals surface area contributed by atoms with E-state index in [1.165, 1.54) is 6.33 Å². The molecule has 9 heteroatoms. The molecule has 0 aromatic carbocycles. The first kappa shape index (κ1) is 18.9. The molecule has 148 valence electrons. The van der Waals surface area contributed by atoms with Gasteiger partial charge in [0.1, 0.15) is 23.6 Å². The first-order valence-corrected chi connectivity index (χ1v) is 9.17. The van der Waals surface area contributed by atoms with Crippen molar-refractivity contribution in [1.82, 2.24) is 29.9 Å². The molecule has 0 fully saturated rings. The summed E-state index contributed by atoms with van der Waals surface area (Å²) in [5, 5.41) is 3.98. The Kier molecular flexibility index (Phi) is 5.66. The van der Waals surface area contributed by atoms with E-state index in [9.17, 15) is 4.39 Å².